The van der Waals surface area contributed by atoms with Crippen LogP contribution in [0, 0.1) is 0 Å². The summed E-state index contributed by atoms with van der Waals surface area (Å²) in [6.07, 6.45) is 0. The Bertz CT molecular complexity index is 647. The highest BCUT2D eigenvalue weighted by molar-refractivity contribution is 6.34. The zero-order valence-corrected chi connectivity index (χ0v) is 11.6. The van der Waals surface area contributed by atoms with Crippen molar-refractivity contribution in [1.82, 2.24) is 0 Å². The number of hydrogen-bond acceptors (Lipinski definition) is 2. The Kier molecular flexibility index (Phi) is 4.20. The van der Waals surface area contributed by atoms with E-state index in [9.17, 15) is 9.59 Å². The molecule has 1 N–H and O–H groups in total. The van der Waals surface area contributed by atoms with Gasteiger partial charge in [0.1, 0.15) is 0 Å². The van der Waals surface area contributed by atoms with Gasteiger partial charge in [0.05, 0.1) is 10.6 Å². The Hall–Kier alpha value is -2.13. The first-order chi connectivity index (χ1) is 9.50. The Morgan fingerprint density at radius 1 is 1.05 bits per heavy atom. The Morgan fingerprint density at radius 2 is 1.65 bits per heavy atom. The van der Waals surface area contributed by atoms with Gasteiger partial charge in [0.25, 0.3) is 0 Å². The molecule has 0 amide bonds. The van der Waals surface area contributed by atoms with Crippen LogP contribution < -0.4 is 0 Å². The fourth-order valence-corrected chi connectivity index (χ4v) is 2.19. The molecule has 1 atom stereocenters. The highest BCUT2D eigenvalue weighted by Crippen LogP contribution is 2.25. The van der Waals surface area contributed by atoms with Gasteiger partial charge in [-0.05, 0) is 29.8 Å². The smallest absolute Gasteiger partial charge is 0.335 e. The van der Waals surface area contributed by atoms with Crippen molar-refractivity contribution in [2.45, 2.75) is 12.8 Å². The van der Waals surface area contributed by atoms with E-state index in [0.717, 1.165) is 5.56 Å². The molecule has 0 aliphatic heterocycles. The lowest BCUT2D eigenvalue weighted by Gasteiger charge is -2.12. The normalized spacial score (nSPS) is 11.9. The van der Waals surface area contributed by atoms with E-state index in [0.29, 0.717) is 10.6 Å². The van der Waals surface area contributed by atoms with E-state index in [4.69, 9.17) is 16.7 Å². The molecule has 0 spiro atoms. The number of carboxylic acids is 1. The molecular weight excluding hydrogens is 276 g/mol. The monoisotopic (exact) mass is 288 g/mol. The molecule has 20 heavy (non-hydrogen) atoms. The van der Waals surface area contributed by atoms with Crippen molar-refractivity contribution in [3.63, 3.8) is 0 Å². The van der Waals surface area contributed by atoms with Gasteiger partial charge in [-0.1, -0.05) is 42.8 Å². The summed E-state index contributed by atoms with van der Waals surface area (Å²) in [7, 11) is 0. The van der Waals surface area contributed by atoms with Crippen molar-refractivity contribution in [3.05, 3.63) is 70.2 Å². The number of carboxylic acid groups (broad SMARTS) is 1. The Balaban J connectivity index is 2.27. The lowest BCUT2D eigenvalue weighted by Crippen LogP contribution is -2.10. The first kappa shape index (κ1) is 14.3. The van der Waals surface area contributed by atoms with Crippen molar-refractivity contribution in [2.75, 3.05) is 0 Å². The molecule has 1 unspecified atom stereocenters. The van der Waals surface area contributed by atoms with Gasteiger partial charge in [0.2, 0.25) is 0 Å². The molecule has 102 valence electrons. The molecule has 0 aliphatic carbocycles. The molecule has 0 aromatic heterocycles. The minimum Gasteiger partial charge on any atom is -0.478 e. The van der Waals surface area contributed by atoms with Gasteiger partial charge >= 0.3 is 5.97 Å². The van der Waals surface area contributed by atoms with Crippen LogP contribution in [0.1, 0.15) is 39.1 Å². The van der Waals surface area contributed by atoms with Crippen LogP contribution in [0.4, 0.5) is 0 Å². The SMILES string of the molecule is CC(C(=O)c1ccccc1Cl)c1ccc(C(=O)O)cc1. The fraction of sp³-hybridized carbons (Fsp3) is 0.125. The maximum Gasteiger partial charge on any atom is 0.335 e. The molecule has 0 heterocycles. The Morgan fingerprint density at radius 3 is 2.20 bits per heavy atom. The lowest BCUT2D eigenvalue weighted by molar-refractivity contribution is 0.0696. The minimum atomic E-state index is -0.985. The van der Waals surface area contributed by atoms with E-state index in [1.807, 2.05) is 0 Å². The van der Waals surface area contributed by atoms with Gasteiger partial charge in [-0.2, -0.15) is 0 Å². The average molecular weight is 289 g/mol. The zero-order chi connectivity index (χ0) is 14.7. The summed E-state index contributed by atoms with van der Waals surface area (Å²) < 4.78 is 0. The largest absolute Gasteiger partial charge is 0.478 e. The maximum atomic E-state index is 12.4. The highest BCUT2D eigenvalue weighted by atomic mass is 35.5. The molecule has 0 saturated carbocycles. The van der Waals surface area contributed by atoms with Crippen LogP contribution in [0.2, 0.25) is 5.02 Å². The molecule has 4 heteroatoms. The predicted octanol–water partition coefficient (Wildman–Crippen LogP) is 4.02. The molecule has 0 radical (unpaired) electrons. The van der Waals surface area contributed by atoms with Gasteiger partial charge in [0, 0.05) is 11.5 Å². The number of benzene rings is 2. The van der Waals surface area contributed by atoms with Crippen LogP contribution in [-0.2, 0) is 0 Å². The third-order valence-corrected chi connectivity index (χ3v) is 3.52. The highest BCUT2D eigenvalue weighted by Gasteiger charge is 2.19. The first-order valence-electron chi connectivity index (χ1n) is 6.12. The molecule has 3 nitrogen and oxygen atoms in total. The minimum absolute atomic E-state index is 0.0846. The fourth-order valence-electron chi connectivity index (χ4n) is 1.96. The second-order valence-electron chi connectivity index (χ2n) is 4.49. The standard InChI is InChI=1S/C16H13ClO3/c1-10(11-6-8-12(9-7-11)16(19)20)15(18)13-4-2-3-5-14(13)17/h2-10H,1H3,(H,19,20). The molecule has 2 aromatic rings. The molecule has 0 bridgehead atoms. The first-order valence-corrected chi connectivity index (χ1v) is 6.50. The average Bonchev–Trinajstić information content (AvgIpc) is 2.46. The van der Waals surface area contributed by atoms with Gasteiger partial charge < -0.3 is 5.11 Å². The summed E-state index contributed by atoms with van der Waals surface area (Å²) in [5, 5.41) is 9.28. The third kappa shape index (κ3) is 2.89. The number of aromatic carboxylic acids is 1. The van der Waals surface area contributed by atoms with E-state index in [1.54, 1.807) is 43.3 Å². The summed E-state index contributed by atoms with van der Waals surface area (Å²) in [4.78, 5) is 23.2. The van der Waals surface area contributed by atoms with E-state index in [1.165, 1.54) is 12.1 Å². The molecular formula is C16H13ClO3. The molecule has 0 saturated heterocycles. The summed E-state index contributed by atoms with van der Waals surface area (Å²) >= 11 is 6.02. The molecule has 2 aromatic carbocycles. The van der Waals surface area contributed by atoms with E-state index < -0.39 is 5.97 Å². The van der Waals surface area contributed by atoms with Crippen LogP contribution >= 0.6 is 11.6 Å². The third-order valence-electron chi connectivity index (χ3n) is 3.19. The second-order valence-corrected chi connectivity index (χ2v) is 4.90. The molecule has 0 aliphatic rings. The maximum absolute atomic E-state index is 12.4. The number of carbonyl (C=O) groups is 2. The van der Waals surface area contributed by atoms with Crippen LogP contribution in [-0.4, -0.2) is 16.9 Å². The van der Waals surface area contributed by atoms with Crippen molar-refractivity contribution < 1.29 is 14.7 Å². The number of hydrogen-bond donors (Lipinski definition) is 1. The number of rotatable bonds is 4. The Labute approximate surface area is 121 Å². The van der Waals surface area contributed by atoms with Gasteiger partial charge in [0.15, 0.2) is 5.78 Å². The number of Topliss-reactive ketones (excluding diaryl/α,β-unsaturated/α-hetero) is 1. The van der Waals surface area contributed by atoms with Crippen LogP contribution in [0.3, 0.4) is 0 Å². The van der Waals surface area contributed by atoms with Crippen LogP contribution in [0.15, 0.2) is 48.5 Å². The summed E-state index contributed by atoms with van der Waals surface area (Å²) in [5.41, 5.74) is 1.44. The van der Waals surface area contributed by atoms with Gasteiger partial charge in [-0.25, -0.2) is 4.79 Å². The van der Waals surface area contributed by atoms with E-state index in [2.05, 4.69) is 0 Å². The van der Waals surface area contributed by atoms with E-state index >= 15 is 0 Å². The van der Waals surface area contributed by atoms with Gasteiger partial charge in [-0.3, -0.25) is 4.79 Å². The van der Waals surface area contributed by atoms with Gasteiger partial charge in [-0.15, -0.1) is 0 Å². The van der Waals surface area contributed by atoms with Crippen molar-refractivity contribution in [2.24, 2.45) is 0 Å². The quantitative estimate of drug-likeness (QED) is 0.864. The van der Waals surface area contributed by atoms with Crippen molar-refractivity contribution in [3.8, 4) is 0 Å². The van der Waals surface area contributed by atoms with Crippen molar-refractivity contribution in [1.29, 1.82) is 0 Å². The predicted molar refractivity (Wildman–Crippen MR) is 77.6 cm³/mol. The summed E-state index contributed by atoms with van der Waals surface area (Å²) in [6, 6.07) is 13.2. The zero-order valence-electron chi connectivity index (χ0n) is 10.8. The molecule has 2 rings (SSSR count). The van der Waals surface area contributed by atoms with Crippen LogP contribution in [0.5, 0.6) is 0 Å². The second kappa shape index (κ2) is 5.88. The van der Waals surface area contributed by atoms with E-state index in [-0.39, 0.29) is 17.3 Å². The lowest BCUT2D eigenvalue weighted by atomic mass is 9.92. The number of halogens is 1. The van der Waals surface area contributed by atoms with Crippen molar-refractivity contribution >= 4 is 23.4 Å². The summed E-state index contributed by atoms with van der Waals surface area (Å²) in [5.74, 6) is -1.45. The van der Waals surface area contributed by atoms with Crippen LogP contribution in [0.25, 0.3) is 0 Å². The molecule has 0 fully saturated rings. The topological polar surface area (TPSA) is 54.4 Å². The number of carbonyl (C=O) groups excluding carboxylic acids is 1. The summed E-state index contributed by atoms with van der Waals surface area (Å²) in [6.45, 7) is 1.78. The number of ketones is 1.